The fourth-order valence-corrected chi connectivity index (χ4v) is 1.61. The van der Waals surface area contributed by atoms with Gasteiger partial charge in [0.2, 0.25) is 0 Å². The highest BCUT2D eigenvalue weighted by Crippen LogP contribution is 2.38. The summed E-state index contributed by atoms with van der Waals surface area (Å²) >= 11 is 0. The van der Waals surface area contributed by atoms with E-state index in [4.69, 9.17) is 0 Å². The van der Waals surface area contributed by atoms with Crippen molar-refractivity contribution in [2.24, 2.45) is 0 Å². The maximum atomic E-state index is 12.6. The largest absolute Gasteiger partial charge is 0.421 e. The van der Waals surface area contributed by atoms with Crippen LogP contribution in [0.1, 0.15) is 18.1 Å². The van der Waals surface area contributed by atoms with Crippen molar-refractivity contribution >= 4 is 10.1 Å². The first kappa shape index (κ1) is 15.9. The van der Waals surface area contributed by atoms with Crippen LogP contribution < -0.4 is 0 Å². The summed E-state index contributed by atoms with van der Waals surface area (Å²) in [6.45, 7) is 0.377. The van der Waals surface area contributed by atoms with Crippen molar-refractivity contribution in [2.75, 3.05) is 6.26 Å². The number of hydrogen-bond acceptors (Lipinski definition) is 4. The van der Waals surface area contributed by atoms with Crippen molar-refractivity contribution in [3.05, 3.63) is 35.4 Å². The standard InChI is InChI=1S/C11H13F3O4S/c1-10(15,11(12,13)14)9-5-3-8(4-6-9)7-18-19(2,16)17/h3-6,15H,7H2,1-2H3. The van der Waals surface area contributed by atoms with Gasteiger partial charge in [-0.3, -0.25) is 4.18 Å². The molecule has 0 saturated carbocycles. The van der Waals surface area contributed by atoms with Crippen LogP contribution >= 0.6 is 0 Å². The van der Waals surface area contributed by atoms with Crippen LogP contribution in [0, 0.1) is 0 Å². The average molecular weight is 298 g/mol. The van der Waals surface area contributed by atoms with Gasteiger partial charge in [0, 0.05) is 0 Å². The Balaban J connectivity index is 2.88. The highest BCUT2D eigenvalue weighted by Gasteiger charge is 2.51. The number of benzene rings is 1. The molecule has 0 bridgehead atoms. The Morgan fingerprint density at radius 1 is 1.21 bits per heavy atom. The molecule has 4 nitrogen and oxygen atoms in total. The van der Waals surface area contributed by atoms with Gasteiger partial charge in [-0.05, 0) is 18.1 Å². The lowest BCUT2D eigenvalue weighted by atomic mass is 9.94. The smallest absolute Gasteiger partial charge is 0.376 e. The molecule has 1 aromatic carbocycles. The summed E-state index contributed by atoms with van der Waals surface area (Å²) in [6, 6.07) is 4.68. The van der Waals surface area contributed by atoms with Crippen molar-refractivity contribution in [3.63, 3.8) is 0 Å². The van der Waals surface area contributed by atoms with E-state index >= 15 is 0 Å². The summed E-state index contributed by atoms with van der Waals surface area (Å²) in [7, 11) is -3.61. The summed E-state index contributed by atoms with van der Waals surface area (Å²) in [6.07, 6.45) is -3.92. The molecule has 0 saturated heterocycles. The van der Waals surface area contributed by atoms with Crippen LogP contribution in [0.25, 0.3) is 0 Å². The van der Waals surface area contributed by atoms with E-state index < -0.39 is 21.9 Å². The molecule has 0 spiro atoms. The van der Waals surface area contributed by atoms with E-state index in [0.717, 1.165) is 18.4 Å². The first-order valence-corrected chi connectivity index (χ1v) is 6.98. The lowest BCUT2D eigenvalue weighted by Crippen LogP contribution is -2.39. The normalized spacial score (nSPS) is 16.1. The van der Waals surface area contributed by atoms with Gasteiger partial charge in [-0.25, -0.2) is 0 Å². The fraction of sp³-hybridized carbons (Fsp3) is 0.455. The van der Waals surface area contributed by atoms with Crippen molar-refractivity contribution < 1.29 is 30.9 Å². The molecule has 0 aromatic heterocycles. The maximum Gasteiger partial charge on any atom is 0.421 e. The third-order valence-electron chi connectivity index (χ3n) is 2.51. The van der Waals surface area contributed by atoms with Gasteiger partial charge in [0.1, 0.15) is 0 Å². The van der Waals surface area contributed by atoms with Gasteiger partial charge in [-0.1, -0.05) is 24.3 Å². The minimum Gasteiger partial charge on any atom is -0.376 e. The van der Waals surface area contributed by atoms with Crippen molar-refractivity contribution in [1.82, 2.24) is 0 Å². The number of hydrogen-bond donors (Lipinski definition) is 1. The van der Waals surface area contributed by atoms with E-state index in [2.05, 4.69) is 4.18 Å². The van der Waals surface area contributed by atoms with E-state index in [1.54, 1.807) is 0 Å². The summed E-state index contributed by atoms with van der Waals surface area (Å²) in [4.78, 5) is 0. The van der Waals surface area contributed by atoms with Gasteiger partial charge in [0.25, 0.3) is 10.1 Å². The summed E-state index contributed by atoms with van der Waals surface area (Å²) in [5, 5.41) is 9.42. The van der Waals surface area contributed by atoms with E-state index in [1.165, 1.54) is 12.1 Å². The lowest BCUT2D eigenvalue weighted by Gasteiger charge is -2.26. The molecular weight excluding hydrogens is 285 g/mol. The molecule has 0 aliphatic heterocycles. The molecule has 0 amide bonds. The summed E-state index contributed by atoms with van der Waals surface area (Å²) < 4.78 is 63.7. The Bertz CT molecular complexity index is 532. The van der Waals surface area contributed by atoms with Crippen LogP contribution in [-0.4, -0.2) is 26.0 Å². The van der Waals surface area contributed by atoms with Crippen LogP contribution in [0.4, 0.5) is 13.2 Å². The van der Waals surface area contributed by atoms with Gasteiger partial charge in [-0.2, -0.15) is 21.6 Å². The van der Waals surface area contributed by atoms with Gasteiger partial charge < -0.3 is 5.11 Å². The quantitative estimate of drug-likeness (QED) is 0.863. The van der Waals surface area contributed by atoms with Gasteiger partial charge in [0.05, 0.1) is 12.9 Å². The predicted molar refractivity (Wildman–Crippen MR) is 61.7 cm³/mol. The molecule has 1 rings (SSSR count). The van der Waals surface area contributed by atoms with Crippen molar-refractivity contribution in [1.29, 1.82) is 0 Å². The number of alkyl halides is 3. The van der Waals surface area contributed by atoms with Crippen LogP contribution in [0.15, 0.2) is 24.3 Å². The second-order valence-electron chi connectivity index (χ2n) is 4.23. The van der Waals surface area contributed by atoms with Crippen molar-refractivity contribution in [3.8, 4) is 0 Å². The van der Waals surface area contributed by atoms with Crippen molar-refractivity contribution in [2.45, 2.75) is 25.3 Å². The van der Waals surface area contributed by atoms with E-state index in [9.17, 15) is 26.7 Å². The molecule has 0 fully saturated rings. The molecule has 0 aliphatic rings. The van der Waals surface area contributed by atoms with E-state index in [1.807, 2.05) is 0 Å². The molecule has 0 aliphatic carbocycles. The zero-order valence-electron chi connectivity index (χ0n) is 10.2. The Labute approximate surface area is 108 Å². The van der Waals surface area contributed by atoms with Crippen LogP contribution in [0.2, 0.25) is 0 Å². The molecule has 1 N–H and O–H groups in total. The number of aliphatic hydroxyl groups is 1. The maximum absolute atomic E-state index is 12.6. The molecule has 0 heterocycles. The monoisotopic (exact) mass is 298 g/mol. The Morgan fingerprint density at radius 3 is 2.05 bits per heavy atom. The molecule has 0 radical (unpaired) electrons. The number of halogens is 3. The molecule has 8 heteroatoms. The Hall–Kier alpha value is -1.12. The Kier molecular flexibility index (Phi) is 4.28. The van der Waals surface area contributed by atoms with Gasteiger partial charge in [0.15, 0.2) is 5.60 Å². The molecule has 108 valence electrons. The minimum absolute atomic E-state index is 0.271. The van der Waals surface area contributed by atoms with E-state index in [0.29, 0.717) is 12.5 Å². The number of rotatable bonds is 4. The highest BCUT2D eigenvalue weighted by molar-refractivity contribution is 7.85. The molecular formula is C11H13F3O4S. The van der Waals surface area contributed by atoms with Crippen LogP contribution in [0.3, 0.4) is 0 Å². The molecule has 1 unspecified atom stereocenters. The predicted octanol–water partition coefficient (Wildman–Crippen LogP) is 1.93. The fourth-order valence-electron chi connectivity index (χ4n) is 1.26. The first-order valence-electron chi connectivity index (χ1n) is 5.16. The SMILES string of the molecule is CC(O)(c1ccc(COS(C)(=O)=O)cc1)C(F)(F)F. The third kappa shape index (κ3) is 4.19. The summed E-state index contributed by atoms with van der Waals surface area (Å²) in [5.74, 6) is 0. The van der Waals surface area contributed by atoms with Crippen LogP contribution in [0.5, 0.6) is 0 Å². The summed E-state index contributed by atoms with van der Waals surface area (Å²) in [5.41, 5.74) is -2.90. The molecule has 1 aromatic rings. The van der Waals surface area contributed by atoms with E-state index in [-0.39, 0.29) is 12.2 Å². The average Bonchev–Trinajstić information content (AvgIpc) is 2.24. The molecule has 19 heavy (non-hydrogen) atoms. The van der Waals surface area contributed by atoms with Gasteiger partial charge in [-0.15, -0.1) is 0 Å². The lowest BCUT2D eigenvalue weighted by molar-refractivity contribution is -0.258. The third-order valence-corrected chi connectivity index (χ3v) is 3.05. The topological polar surface area (TPSA) is 63.6 Å². The molecule has 1 atom stereocenters. The Morgan fingerprint density at radius 2 is 1.68 bits per heavy atom. The first-order chi connectivity index (χ1) is 8.43. The highest BCUT2D eigenvalue weighted by atomic mass is 32.2. The second-order valence-corrected chi connectivity index (χ2v) is 5.88. The zero-order chi connectivity index (χ0) is 14.9. The van der Waals surface area contributed by atoms with Gasteiger partial charge >= 0.3 is 6.18 Å². The zero-order valence-corrected chi connectivity index (χ0v) is 11.0. The minimum atomic E-state index is -4.79. The second kappa shape index (κ2) is 5.10. The van der Waals surface area contributed by atoms with Crippen LogP contribution in [-0.2, 0) is 26.5 Å².